The maximum absolute atomic E-state index is 4.78. The van der Waals surface area contributed by atoms with E-state index in [9.17, 15) is 0 Å². The molecule has 8 aromatic carbocycles. The van der Waals surface area contributed by atoms with Crippen molar-refractivity contribution in [3.8, 4) is 22.3 Å². The van der Waals surface area contributed by atoms with Gasteiger partial charge in [0.25, 0.3) is 0 Å². The summed E-state index contributed by atoms with van der Waals surface area (Å²) >= 11 is 0. The van der Waals surface area contributed by atoms with Crippen LogP contribution in [-0.4, -0.2) is 10.6 Å². The maximum atomic E-state index is 4.78. The Kier molecular flexibility index (Phi) is 12.8. The summed E-state index contributed by atoms with van der Waals surface area (Å²) < 4.78 is 2.42. The van der Waals surface area contributed by atoms with Gasteiger partial charge in [-0.1, -0.05) is 252 Å². The molecule has 396 valence electrons. The number of hydrogen-bond donors (Lipinski definition) is 1. The molecule has 5 aliphatic rings. The van der Waals surface area contributed by atoms with E-state index >= 15 is 0 Å². The van der Waals surface area contributed by atoms with Gasteiger partial charge in [-0.3, -0.25) is 0 Å². The van der Waals surface area contributed by atoms with E-state index in [1.807, 2.05) is 0 Å². The lowest BCUT2D eigenvalue weighted by Crippen LogP contribution is -2.35. The Morgan fingerprint density at radius 3 is 1.99 bits per heavy atom. The topological polar surface area (TPSA) is 20.2 Å². The highest BCUT2D eigenvalue weighted by atomic mass is 15.2. The van der Waals surface area contributed by atoms with E-state index in [4.69, 9.17) is 6.58 Å². The zero-order chi connectivity index (χ0) is 55.4. The fourth-order valence-corrected chi connectivity index (χ4v) is 13.4. The average molecular weight is 1060 g/mol. The number of benzene rings is 8. The molecule has 82 heavy (non-hydrogen) atoms. The largest absolute Gasteiger partial charge is 0.361 e. The van der Waals surface area contributed by atoms with Crippen molar-refractivity contribution in [2.45, 2.75) is 56.9 Å². The summed E-state index contributed by atoms with van der Waals surface area (Å²) in [6.07, 6.45) is 36.5. The Hall–Kier alpha value is -9.70. The van der Waals surface area contributed by atoms with Crippen LogP contribution in [0.4, 0.5) is 11.4 Å². The molecule has 1 unspecified atom stereocenters. The molecular weight excluding hydrogens is 991 g/mol. The summed E-state index contributed by atoms with van der Waals surface area (Å²) in [5.74, 6) is 0. The van der Waals surface area contributed by atoms with E-state index in [-0.39, 0.29) is 11.5 Å². The molecule has 14 rings (SSSR count). The minimum atomic E-state index is -0.499. The van der Waals surface area contributed by atoms with Crippen LogP contribution < -0.4 is 10.2 Å². The van der Waals surface area contributed by atoms with Gasteiger partial charge in [0.1, 0.15) is 0 Å². The average Bonchev–Trinajstić information content (AvgIpc) is 1.71. The lowest BCUT2D eigenvalue weighted by Gasteiger charge is -2.36. The Balaban J connectivity index is 0.785. The van der Waals surface area contributed by atoms with Crippen molar-refractivity contribution in [2.75, 3.05) is 10.2 Å². The first-order chi connectivity index (χ1) is 40.2. The van der Waals surface area contributed by atoms with Crippen LogP contribution in [0.25, 0.3) is 67.0 Å². The Morgan fingerprint density at radius 1 is 0.598 bits per heavy atom. The predicted molar refractivity (Wildman–Crippen MR) is 350 cm³/mol. The Labute approximate surface area is 483 Å². The van der Waals surface area contributed by atoms with E-state index in [1.54, 1.807) is 0 Å². The van der Waals surface area contributed by atoms with Crippen molar-refractivity contribution >= 4 is 56.1 Å². The third-order valence-corrected chi connectivity index (χ3v) is 17.4. The molecule has 0 radical (unpaired) electrons. The molecule has 0 bridgehead atoms. The van der Waals surface area contributed by atoms with Gasteiger partial charge in [-0.05, 0) is 151 Å². The van der Waals surface area contributed by atoms with Crippen molar-refractivity contribution in [1.29, 1.82) is 0 Å². The highest BCUT2D eigenvalue weighted by Gasteiger charge is 2.53. The molecule has 1 spiro atoms. The van der Waals surface area contributed by atoms with Crippen LogP contribution in [0.15, 0.2) is 297 Å². The fraction of sp³-hybridized carbons (Fsp3) is 0.114. The Bertz CT molecular complexity index is 4310. The molecule has 4 aliphatic carbocycles. The number of nitrogens with zero attached hydrogens (tertiary/aromatic N) is 2. The van der Waals surface area contributed by atoms with Crippen molar-refractivity contribution in [2.24, 2.45) is 0 Å². The van der Waals surface area contributed by atoms with Crippen LogP contribution in [0, 0.1) is 0 Å². The van der Waals surface area contributed by atoms with Gasteiger partial charge in [0, 0.05) is 45.3 Å². The molecule has 9 aromatic rings. The standard InChI is InChI=1S/C79H65N3/c1-54-34-37-56(40-41-60-21-9-17-32-75(60)81(54)64-50-51-69-68-27-13-18-33-76(68)82(77(69)52-64)63-22-7-5-6-8-23-63)59-44-48-62(49-45-59)80-53-70-67-26-12-16-30-73(67)79(71-28-14-10-24-65(71)66-25-11-15-29-72(66)79)74(70)31-19-20-55-35-38-57(39-36-55)58-42-46-61(47-43-58)78(2,3)4/h5,7-31,33-40,42-53,75,80H,1,6,32,41H2,2-4H3/b20-19-,37-34-,56-40+,70-53+,74-31+. The predicted octanol–water partition coefficient (Wildman–Crippen LogP) is 20.2. The zero-order valence-electron chi connectivity index (χ0n) is 46.9. The molecule has 2 heterocycles. The van der Waals surface area contributed by atoms with Crippen molar-refractivity contribution in [1.82, 2.24) is 4.57 Å². The second-order valence-corrected chi connectivity index (χ2v) is 23.2. The highest BCUT2D eigenvalue weighted by molar-refractivity contribution is 6.11. The number of nitrogens with one attached hydrogen (secondary N) is 1. The summed E-state index contributed by atoms with van der Waals surface area (Å²) in [5, 5.41) is 6.31. The lowest BCUT2D eigenvalue weighted by atomic mass is 9.70. The van der Waals surface area contributed by atoms with Gasteiger partial charge in [-0.2, -0.15) is 0 Å². The number of aromatic nitrogens is 1. The second kappa shape index (κ2) is 20.8. The van der Waals surface area contributed by atoms with Crippen molar-refractivity contribution in [3.05, 3.63) is 336 Å². The van der Waals surface area contributed by atoms with Crippen molar-refractivity contribution < 1.29 is 0 Å². The van der Waals surface area contributed by atoms with E-state index in [0.29, 0.717) is 0 Å². The number of fused-ring (bicyclic) bond motifs is 11. The number of allylic oxidation sites excluding steroid dienone is 16. The van der Waals surface area contributed by atoms with Crippen LogP contribution in [0.2, 0.25) is 0 Å². The second-order valence-electron chi connectivity index (χ2n) is 23.2. The SMILES string of the molecule is C=C1/C=C\C(c2ccc(N/C=C3/C(=C\C=C/c4ccc(-c5ccc(C(C)(C)C)cc5)cc4)C4(c5ccccc53)c3ccccc3-c3ccccc34)cc2)=C/CC2=CC=CCC2N1c1ccc2c3ccccc3n(C3=CC=CCC=C3)c2c1. The highest BCUT2D eigenvalue weighted by Crippen LogP contribution is 2.63. The molecule has 0 fully saturated rings. The van der Waals surface area contributed by atoms with Gasteiger partial charge in [0.2, 0.25) is 0 Å². The fourth-order valence-electron chi connectivity index (χ4n) is 13.4. The minimum absolute atomic E-state index is 0.121. The molecule has 3 heteroatoms. The molecule has 1 aromatic heterocycles. The minimum Gasteiger partial charge on any atom is -0.361 e. The molecule has 1 atom stereocenters. The number of hydrogen-bond acceptors (Lipinski definition) is 2. The van der Waals surface area contributed by atoms with Crippen LogP contribution in [0.3, 0.4) is 0 Å². The monoisotopic (exact) mass is 1060 g/mol. The third-order valence-electron chi connectivity index (χ3n) is 17.4. The third kappa shape index (κ3) is 8.76. The van der Waals surface area contributed by atoms with E-state index < -0.39 is 5.41 Å². The smallest absolute Gasteiger partial charge is 0.0726 e. The Morgan fingerprint density at radius 2 is 1.24 bits per heavy atom. The van der Waals surface area contributed by atoms with Gasteiger partial charge in [-0.15, -0.1) is 0 Å². The molecule has 3 nitrogen and oxygen atoms in total. The summed E-state index contributed by atoms with van der Waals surface area (Å²) in [5.41, 5.74) is 25.1. The molecule has 0 saturated carbocycles. The normalized spacial score (nSPS) is 19.1. The van der Waals surface area contributed by atoms with Crippen LogP contribution in [-0.2, 0) is 10.8 Å². The summed E-state index contributed by atoms with van der Waals surface area (Å²) in [7, 11) is 0. The lowest BCUT2D eigenvalue weighted by molar-refractivity contribution is 0.590. The molecule has 0 amide bonds. The summed E-state index contributed by atoms with van der Waals surface area (Å²) in [4.78, 5) is 2.46. The van der Waals surface area contributed by atoms with E-state index in [2.05, 4.69) is 315 Å². The first-order valence-electron chi connectivity index (χ1n) is 29.0. The molecule has 1 aliphatic heterocycles. The van der Waals surface area contributed by atoms with Gasteiger partial charge >= 0.3 is 0 Å². The summed E-state index contributed by atoms with van der Waals surface area (Å²) in [6.45, 7) is 11.6. The van der Waals surface area contributed by atoms with Gasteiger partial charge < -0.3 is 14.8 Å². The van der Waals surface area contributed by atoms with Crippen molar-refractivity contribution in [3.63, 3.8) is 0 Å². The first-order valence-corrected chi connectivity index (χ1v) is 29.0. The number of anilines is 2. The number of rotatable bonds is 8. The van der Waals surface area contributed by atoms with E-state index in [1.165, 1.54) is 94.2 Å². The molecule has 0 saturated heterocycles. The van der Waals surface area contributed by atoms with Gasteiger partial charge in [-0.25, -0.2) is 0 Å². The molecular formula is C79H65N3. The van der Waals surface area contributed by atoms with Crippen LogP contribution >= 0.6 is 0 Å². The summed E-state index contributed by atoms with van der Waals surface area (Å²) in [6, 6.07) is 69.8. The zero-order valence-corrected chi connectivity index (χ0v) is 46.9. The van der Waals surface area contributed by atoms with Crippen LogP contribution in [0.1, 0.15) is 79.0 Å². The van der Waals surface area contributed by atoms with E-state index in [0.717, 1.165) is 53.2 Å². The first kappa shape index (κ1) is 50.5. The maximum Gasteiger partial charge on any atom is 0.0726 e. The van der Waals surface area contributed by atoms with Crippen LogP contribution in [0.5, 0.6) is 0 Å². The van der Waals surface area contributed by atoms with Gasteiger partial charge in [0.05, 0.1) is 22.5 Å². The van der Waals surface area contributed by atoms with Gasteiger partial charge in [0.15, 0.2) is 0 Å². The number of para-hydroxylation sites is 1. The quantitative estimate of drug-likeness (QED) is 0.164. The molecule has 1 N–H and O–H groups in total.